The molecular formula is C26H35N5O2. The largest absolute Gasteiger partial charge is 0.353 e. The summed E-state index contributed by atoms with van der Waals surface area (Å²) in [6.45, 7) is 5.33. The van der Waals surface area contributed by atoms with Crippen molar-refractivity contribution in [1.82, 2.24) is 20.1 Å². The summed E-state index contributed by atoms with van der Waals surface area (Å²) in [5, 5.41) is 3.06. The minimum Gasteiger partial charge on any atom is -0.353 e. The fourth-order valence-electron chi connectivity index (χ4n) is 4.77. The van der Waals surface area contributed by atoms with E-state index in [-0.39, 0.29) is 11.9 Å². The Morgan fingerprint density at radius 1 is 0.939 bits per heavy atom. The second kappa shape index (κ2) is 11.7. The Bertz CT molecular complexity index is 884. The van der Waals surface area contributed by atoms with Crippen LogP contribution in [0.3, 0.4) is 0 Å². The number of amides is 3. The van der Waals surface area contributed by atoms with Crippen LogP contribution >= 0.6 is 0 Å². The highest BCUT2D eigenvalue weighted by molar-refractivity contribution is 5.76. The van der Waals surface area contributed by atoms with Gasteiger partial charge in [0, 0.05) is 58.4 Å². The van der Waals surface area contributed by atoms with Crippen molar-refractivity contribution in [2.45, 2.75) is 32.1 Å². The smallest absolute Gasteiger partial charge is 0.317 e. The molecular weight excluding hydrogens is 414 g/mol. The summed E-state index contributed by atoms with van der Waals surface area (Å²) in [5.74, 6) is 1.62. The normalized spacial score (nSPS) is 18.8. The number of anilines is 1. The van der Waals surface area contributed by atoms with Gasteiger partial charge in [0.25, 0.3) is 0 Å². The topological polar surface area (TPSA) is 68.8 Å². The molecule has 4 rings (SSSR count). The van der Waals surface area contributed by atoms with E-state index in [1.807, 2.05) is 52.4 Å². The van der Waals surface area contributed by atoms with Crippen LogP contribution in [0.2, 0.25) is 0 Å². The fraction of sp³-hybridized carbons (Fsp3) is 0.500. The van der Waals surface area contributed by atoms with E-state index in [4.69, 9.17) is 0 Å². The molecule has 2 saturated heterocycles. The second-order valence-corrected chi connectivity index (χ2v) is 9.02. The zero-order chi connectivity index (χ0) is 22.9. The Labute approximate surface area is 196 Å². The van der Waals surface area contributed by atoms with Crippen molar-refractivity contribution in [3.63, 3.8) is 0 Å². The Balaban J connectivity index is 1.15. The summed E-state index contributed by atoms with van der Waals surface area (Å²) in [5.41, 5.74) is 1.23. The third kappa shape index (κ3) is 6.70. The molecule has 0 bridgehead atoms. The Kier molecular flexibility index (Phi) is 8.17. The monoisotopic (exact) mass is 449 g/mol. The van der Waals surface area contributed by atoms with E-state index in [1.54, 1.807) is 0 Å². The van der Waals surface area contributed by atoms with Gasteiger partial charge in [0.1, 0.15) is 5.82 Å². The summed E-state index contributed by atoms with van der Waals surface area (Å²) in [6, 6.07) is 16.2. The molecule has 0 spiro atoms. The SMILES string of the molecule is O=C(CCC1CCCN(C(=O)NCCc2ccccc2)C1)N1CCN(c2ccccn2)CC1. The Hall–Kier alpha value is -3.09. The average Bonchev–Trinajstić information content (AvgIpc) is 2.88. The van der Waals surface area contributed by atoms with Crippen molar-refractivity contribution in [3.05, 3.63) is 60.3 Å². The van der Waals surface area contributed by atoms with Gasteiger partial charge in [0.15, 0.2) is 0 Å². The number of nitrogens with one attached hydrogen (secondary N) is 1. The first-order valence-electron chi connectivity index (χ1n) is 12.2. The number of nitrogens with zero attached hydrogens (tertiary/aromatic N) is 4. The predicted octanol–water partition coefficient (Wildman–Crippen LogP) is 3.17. The summed E-state index contributed by atoms with van der Waals surface area (Å²) >= 11 is 0. The van der Waals surface area contributed by atoms with Gasteiger partial charge in [-0.25, -0.2) is 9.78 Å². The van der Waals surface area contributed by atoms with Crippen LogP contribution in [-0.2, 0) is 11.2 Å². The number of carbonyl (C=O) groups is 2. The highest BCUT2D eigenvalue weighted by Crippen LogP contribution is 2.22. The zero-order valence-corrected chi connectivity index (χ0v) is 19.4. The molecule has 1 aromatic carbocycles. The third-order valence-corrected chi connectivity index (χ3v) is 6.71. The number of piperazine rings is 1. The second-order valence-electron chi connectivity index (χ2n) is 9.02. The van der Waals surface area contributed by atoms with E-state index in [0.717, 1.165) is 70.8 Å². The molecule has 0 radical (unpaired) electrons. The van der Waals surface area contributed by atoms with E-state index in [2.05, 4.69) is 27.3 Å². The molecule has 7 heteroatoms. The van der Waals surface area contributed by atoms with E-state index in [1.165, 1.54) is 5.56 Å². The van der Waals surface area contributed by atoms with Crippen molar-refractivity contribution < 1.29 is 9.59 Å². The van der Waals surface area contributed by atoms with Crippen LogP contribution in [0.5, 0.6) is 0 Å². The van der Waals surface area contributed by atoms with Gasteiger partial charge in [-0.3, -0.25) is 4.79 Å². The van der Waals surface area contributed by atoms with Gasteiger partial charge in [0.05, 0.1) is 0 Å². The van der Waals surface area contributed by atoms with Gasteiger partial charge < -0.3 is 20.0 Å². The molecule has 3 heterocycles. The molecule has 1 atom stereocenters. The van der Waals surface area contributed by atoms with Crippen LogP contribution in [0, 0.1) is 5.92 Å². The van der Waals surface area contributed by atoms with E-state index in [0.29, 0.717) is 18.9 Å². The van der Waals surface area contributed by atoms with Crippen LogP contribution in [0.1, 0.15) is 31.2 Å². The number of likely N-dealkylation sites (tertiary alicyclic amines) is 1. The van der Waals surface area contributed by atoms with E-state index < -0.39 is 0 Å². The van der Waals surface area contributed by atoms with Gasteiger partial charge in [0.2, 0.25) is 5.91 Å². The lowest BCUT2D eigenvalue weighted by atomic mass is 9.93. The predicted molar refractivity (Wildman–Crippen MR) is 130 cm³/mol. The van der Waals surface area contributed by atoms with Crippen LogP contribution in [0.4, 0.5) is 10.6 Å². The molecule has 33 heavy (non-hydrogen) atoms. The third-order valence-electron chi connectivity index (χ3n) is 6.71. The number of rotatable bonds is 7. The van der Waals surface area contributed by atoms with Crippen molar-refractivity contribution in [2.75, 3.05) is 50.7 Å². The van der Waals surface area contributed by atoms with Crippen molar-refractivity contribution in [3.8, 4) is 0 Å². The molecule has 2 aromatic rings. The lowest BCUT2D eigenvalue weighted by Crippen LogP contribution is -2.49. The molecule has 1 unspecified atom stereocenters. The minimum absolute atomic E-state index is 0.0209. The molecule has 176 valence electrons. The van der Waals surface area contributed by atoms with Gasteiger partial charge in [-0.15, -0.1) is 0 Å². The molecule has 3 amide bonds. The first-order chi connectivity index (χ1) is 16.2. The average molecular weight is 450 g/mol. The number of benzene rings is 1. The van der Waals surface area contributed by atoms with E-state index in [9.17, 15) is 9.59 Å². The molecule has 1 aromatic heterocycles. The van der Waals surface area contributed by atoms with E-state index >= 15 is 0 Å². The summed E-state index contributed by atoms with van der Waals surface area (Å²) < 4.78 is 0. The molecule has 0 aliphatic carbocycles. The summed E-state index contributed by atoms with van der Waals surface area (Å²) in [7, 11) is 0. The molecule has 1 N–H and O–H groups in total. The molecule has 2 aliphatic heterocycles. The fourth-order valence-corrected chi connectivity index (χ4v) is 4.77. The molecule has 7 nitrogen and oxygen atoms in total. The lowest BCUT2D eigenvalue weighted by molar-refractivity contribution is -0.131. The number of hydrogen-bond donors (Lipinski definition) is 1. The number of carbonyl (C=O) groups excluding carboxylic acids is 2. The molecule has 0 saturated carbocycles. The summed E-state index contributed by atoms with van der Waals surface area (Å²) in [4.78, 5) is 35.9. The van der Waals surface area contributed by atoms with Crippen LogP contribution in [0.15, 0.2) is 54.7 Å². The highest BCUT2D eigenvalue weighted by Gasteiger charge is 2.26. The van der Waals surface area contributed by atoms with Gasteiger partial charge in [-0.05, 0) is 49.3 Å². The summed E-state index contributed by atoms with van der Waals surface area (Å²) in [6.07, 6.45) is 6.17. The number of aromatic nitrogens is 1. The maximum atomic E-state index is 12.8. The molecule has 2 aliphatic rings. The Morgan fingerprint density at radius 3 is 2.48 bits per heavy atom. The van der Waals surface area contributed by atoms with Gasteiger partial charge >= 0.3 is 6.03 Å². The van der Waals surface area contributed by atoms with Crippen molar-refractivity contribution in [1.29, 1.82) is 0 Å². The van der Waals surface area contributed by atoms with Crippen LogP contribution < -0.4 is 10.2 Å². The van der Waals surface area contributed by atoms with Crippen molar-refractivity contribution in [2.24, 2.45) is 5.92 Å². The van der Waals surface area contributed by atoms with Gasteiger partial charge in [-0.1, -0.05) is 36.4 Å². The highest BCUT2D eigenvalue weighted by atomic mass is 16.2. The number of pyridine rings is 1. The lowest BCUT2D eigenvalue weighted by Gasteiger charge is -2.36. The molecule has 2 fully saturated rings. The minimum atomic E-state index is 0.0209. The zero-order valence-electron chi connectivity index (χ0n) is 19.4. The number of piperidine rings is 1. The quantitative estimate of drug-likeness (QED) is 0.705. The maximum absolute atomic E-state index is 12.8. The first kappa shape index (κ1) is 23.1. The van der Waals surface area contributed by atoms with Crippen LogP contribution in [0.25, 0.3) is 0 Å². The van der Waals surface area contributed by atoms with Crippen molar-refractivity contribution >= 4 is 17.8 Å². The maximum Gasteiger partial charge on any atom is 0.317 e. The number of urea groups is 1. The van der Waals surface area contributed by atoms with Gasteiger partial charge in [-0.2, -0.15) is 0 Å². The number of hydrogen-bond acceptors (Lipinski definition) is 4. The standard InChI is InChI=1S/C26H35N5O2/c32-25(30-19-17-29(18-20-30)24-10-4-5-14-27-24)12-11-23-9-6-16-31(21-23)26(33)28-15-13-22-7-2-1-3-8-22/h1-5,7-8,10,14,23H,6,9,11-13,15-21H2,(H,28,33). The van der Waals surface area contributed by atoms with Crippen LogP contribution in [-0.4, -0.2) is 72.5 Å². The Morgan fingerprint density at radius 2 is 1.73 bits per heavy atom. The first-order valence-corrected chi connectivity index (χ1v) is 12.2.